The van der Waals surface area contributed by atoms with Crippen LogP contribution in [-0.4, -0.2) is 23.9 Å². The van der Waals surface area contributed by atoms with Gasteiger partial charge in [0.1, 0.15) is 0 Å². The molecule has 2 aromatic carbocycles. The Morgan fingerprint density at radius 1 is 0.571 bits per heavy atom. The number of hydrogen-bond acceptors (Lipinski definition) is 1. The first-order valence-electron chi connectivity index (χ1n) is 4.23. The van der Waals surface area contributed by atoms with Gasteiger partial charge in [0, 0.05) is 9.79 Å². The zero-order valence-electron chi connectivity index (χ0n) is 7.68. The maximum atomic E-state index is 2.12. The van der Waals surface area contributed by atoms with Gasteiger partial charge in [-0.25, -0.2) is 0 Å². The van der Waals surface area contributed by atoms with Gasteiger partial charge in [-0.3, -0.25) is 0 Å². The van der Waals surface area contributed by atoms with E-state index in [1.807, 2.05) is 12.1 Å². The second-order valence-corrected chi connectivity index (χ2v) is 3.88. The smallest absolute Gasteiger partial charge is 0.0901 e. The van der Waals surface area contributed by atoms with Crippen LogP contribution in [0.25, 0.3) is 0 Å². The van der Waals surface area contributed by atoms with Gasteiger partial charge in [0.2, 0.25) is 0 Å². The molecule has 2 rings (SSSR count). The summed E-state index contributed by atoms with van der Waals surface area (Å²) in [5, 5.41) is 0. The van der Waals surface area contributed by atoms with Gasteiger partial charge in [-0.1, -0.05) is 48.2 Å². The van der Waals surface area contributed by atoms with E-state index in [9.17, 15) is 0 Å². The van der Waals surface area contributed by atoms with Crippen LogP contribution in [0.15, 0.2) is 70.5 Å². The van der Waals surface area contributed by atoms with Gasteiger partial charge in [0.25, 0.3) is 0 Å². The Balaban J connectivity index is 0.000000980. The number of benzene rings is 2. The summed E-state index contributed by atoms with van der Waals surface area (Å²) < 4.78 is 0. The molecule has 2 heteroatoms. The SMILES string of the molecule is [Sn+4].c1ccc(Sc2ccccc2)cc1. The topological polar surface area (TPSA) is 0 Å². The molecule has 0 heterocycles. The van der Waals surface area contributed by atoms with Crippen molar-refractivity contribution in [3.8, 4) is 0 Å². The minimum absolute atomic E-state index is 0. The Morgan fingerprint density at radius 2 is 0.929 bits per heavy atom. The van der Waals surface area contributed by atoms with E-state index in [0.717, 1.165) is 0 Å². The summed E-state index contributed by atoms with van der Waals surface area (Å²) in [4.78, 5) is 2.57. The third kappa shape index (κ3) is 3.39. The summed E-state index contributed by atoms with van der Waals surface area (Å²) in [6.07, 6.45) is 0. The van der Waals surface area contributed by atoms with E-state index in [1.54, 1.807) is 11.8 Å². The van der Waals surface area contributed by atoms with E-state index in [0.29, 0.717) is 0 Å². The summed E-state index contributed by atoms with van der Waals surface area (Å²) in [6, 6.07) is 20.8. The minimum atomic E-state index is 0. The van der Waals surface area contributed by atoms with E-state index < -0.39 is 0 Å². The molecule has 0 aliphatic carbocycles. The average Bonchev–Trinajstić information content (AvgIpc) is 2.21. The molecule has 0 saturated heterocycles. The third-order valence-electron chi connectivity index (χ3n) is 1.72. The fraction of sp³-hybridized carbons (Fsp3) is 0. The maximum Gasteiger partial charge on any atom is 4.00 e. The van der Waals surface area contributed by atoms with Crippen molar-refractivity contribution < 1.29 is 0 Å². The first-order chi connectivity index (χ1) is 6.45. The van der Waals surface area contributed by atoms with Gasteiger partial charge in [0.05, 0.1) is 0 Å². The molecular formula is C12H10SSn+4. The molecule has 0 aliphatic rings. The van der Waals surface area contributed by atoms with Crippen molar-refractivity contribution in [3.63, 3.8) is 0 Å². The molecular weight excluding hydrogens is 295 g/mol. The van der Waals surface area contributed by atoms with Crippen LogP contribution < -0.4 is 0 Å². The van der Waals surface area contributed by atoms with E-state index in [4.69, 9.17) is 0 Å². The predicted octanol–water partition coefficient (Wildman–Crippen LogP) is 3.46. The van der Waals surface area contributed by atoms with Crippen LogP contribution in [-0.2, 0) is 0 Å². The van der Waals surface area contributed by atoms with Crippen LogP contribution in [0.5, 0.6) is 0 Å². The van der Waals surface area contributed by atoms with Crippen LogP contribution in [0.3, 0.4) is 0 Å². The molecule has 64 valence electrons. The van der Waals surface area contributed by atoms with E-state index in [-0.39, 0.29) is 23.9 Å². The van der Waals surface area contributed by atoms with Gasteiger partial charge in [0.15, 0.2) is 0 Å². The Labute approximate surface area is 106 Å². The average molecular weight is 305 g/mol. The molecule has 0 fully saturated rings. The normalized spacial score (nSPS) is 9.14. The Hall–Kier alpha value is -0.411. The van der Waals surface area contributed by atoms with Crippen molar-refractivity contribution >= 4 is 35.7 Å². The second-order valence-electron chi connectivity index (χ2n) is 2.73. The van der Waals surface area contributed by atoms with E-state index in [1.165, 1.54) is 9.79 Å². The quantitative estimate of drug-likeness (QED) is 0.766. The number of hydrogen-bond donors (Lipinski definition) is 0. The maximum absolute atomic E-state index is 2.12. The second kappa shape index (κ2) is 6.14. The first kappa shape index (κ1) is 11.7. The van der Waals surface area contributed by atoms with Crippen molar-refractivity contribution in [2.75, 3.05) is 0 Å². The Morgan fingerprint density at radius 3 is 1.29 bits per heavy atom. The molecule has 0 N–H and O–H groups in total. The monoisotopic (exact) mass is 306 g/mol. The molecule has 0 spiro atoms. The van der Waals surface area contributed by atoms with E-state index in [2.05, 4.69) is 48.5 Å². The van der Waals surface area contributed by atoms with Crippen LogP contribution in [0.4, 0.5) is 0 Å². The fourth-order valence-electron chi connectivity index (χ4n) is 1.11. The third-order valence-corrected chi connectivity index (χ3v) is 2.74. The van der Waals surface area contributed by atoms with Crippen LogP contribution in [0.2, 0.25) is 0 Å². The molecule has 0 bridgehead atoms. The van der Waals surface area contributed by atoms with Crippen LogP contribution in [0.1, 0.15) is 0 Å². The largest absolute Gasteiger partial charge is 4.00 e. The van der Waals surface area contributed by atoms with Gasteiger partial charge in [-0.05, 0) is 24.3 Å². The zero-order valence-corrected chi connectivity index (χ0v) is 11.4. The predicted molar refractivity (Wildman–Crippen MR) is 62.8 cm³/mol. The molecule has 0 radical (unpaired) electrons. The molecule has 14 heavy (non-hydrogen) atoms. The molecule has 0 saturated carbocycles. The molecule has 0 nitrogen and oxygen atoms in total. The molecule has 0 unspecified atom stereocenters. The van der Waals surface area contributed by atoms with Crippen LogP contribution >= 0.6 is 11.8 Å². The number of rotatable bonds is 2. The summed E-state index contributed by atoms with van der Waals surface area (Å²) in [7, 11) is 0. The summed E-state index contributed by atoms with van der Waals surface area (Å²) >= 11 is 1.79. The van der Waals surface area contributed by atoms with Crippen molar-refractivity contribution in [1.82, 2.24) is 0 Å². The van der Waals surface area contributed by atoms with Crippen molar-refractivity contribution in [3.05, 3.63) is 60.7 Å². The Kier molecular flexibility index (Phi) is 5.12. The molecule has 0 atom stereocenters. The molecule has 0 aliphatic heterocycles. The first-order valence-corrected chi connectivity index (χ1v) is 5.05. The van der Waals surface area contributed by atoms with Gasteiger partial charge in [-0.15, -0.1) is 0 Å². The summed E-state index contributed by atoms with van der Waals surface area (Å²) in [5.41, 5.74) is 0. The van der Waals surface area contributed by atoms with Crippen molar-refractivity contribution in [1.29, 1.82) is 0 Å². The van der Waals surface area contributed by atoms with Gasteiger partial charge >= 0.3 is 23.9 Å². The van der Waals surface area contributed by atoms with Gasteiger partial charge < -0.3 is 0 Å². The summed E-state index contributed by atoms with van der Waals surface area (Å²) in [5.74, 6) is 0. The standard InChI is InChI=1S/C12H10S.Sn/c1-3-7-11(8-4-1)13-12-9-5-2-6-10-12;/h1-10H;/q;+4. The van der Waals surface area contributed by atoms with Crippen molar-refractivity contribution in [2.45, 2.75) is 9.79 Å². The Bertz CT molecular complexity index is 321. The van der Waals surface area contributed by atoms with Gasteiger partial charge in [-0.2, -0.15) is 0 Å². The fourth-order valence-corrected chi connectivity index (χ4v) is 1.97. The summed E-state index contributed by atoms with van der Waals surface area (Å²) in [6.45, 7) is 0. The molecule has 0 amide bonds. The van der Waals surface area contributed by atoms with E-state index >= 15 is 0 Å². The zero-order chi connectivity index (χ0) is 8.93. The van der Waals surface area contributed by atoms with Crippen LogP contribution in [0, 0.1) is 0 Å². The molecule has 2 aromatic rings. The minimum Gasteiger partial charge on any atom is -0.0901 e. The van der Waals surface area contributed by atoms with Crippen molar-refractivity contribution in [2.24, 2.45) is 0 Å². The molecule has 0 aromatic heterocycles.